The number of aliphatic hydroxyl groups is 1. The predicted molar refractivity (Wildman–Crippen MR) is 66.1 cm³/mol. The van der Waals surface area contributed by atoms with Crippen LogP contribution < -0.4 is 5.32 Å². The van der Waals surface area contributed by atoms with Crippen LogP contribution in [-0.2, 0) is 0 Å². The monoisotopic (exact) mass is 240 g/mol. The SMILES string of the molecule is CCC(NCC(C)CCO)c1ccc(F)cn1. The van der Waals surface area contributed by atoms with Crippen molar-refractivity contribution in [2.45, 2.75) is 32.7 Å². The Morgan fingerprint density at radius 3 is 2.76 bits per heavy atom. The molecule has 1 aromatic heterocycles. The molecule has 2 atom stereocenters. The molecule has 2 unspecified atom stereocenters. The highest BCUT2D eigenvalue weighted by atomic mass is 19.1. The van der Waals surface area contributed by atoms with E-state index in [-0.39, 0.29) is 18.5 Å². The molecule has 0 aliphatic rings. The molecule has 96 valence electrons. The zero-order valence-corrected chi connectivity index (χ0v) is 10.5. The molecule has 3 nitrogen and oxygen atoms in total. The molecule has 4 heteroatoms. The third kappa shape index (κ3) is 4.79. The molecule has 0 spiro atoms. The molecule has 0 saturated heterocycles. The van der Waals surface area contributed by atoms with Crippen LogP contribution in [0.2, 0.25) is 0 Å². The van der Waals surface area contributed by atoms with Crippen LogP contribution in [0.1, 0.15) is 38.4 Å². The Balaban J connectivity index is 2.51. The number of nitrogens with one attached hydrogen (secondary N) is 1. The maximum atomic E-state index is 12.8. The molecule has 2 N–H and O–H groups in total. The lowest BCUT2D eigenvalue weighted by Crippen LogP contribution is -2.27. The lowest BCUT2D eigenvalue weighted by Gasteiger charge is -2.19. The van der Waals surface area contributed by atoms with Gasteiger partial charge in [-0.1, -0.05) is 13.8 Å². The molecule has 0 aliphatic heterocycles. The Morgan fingerprint density at radius 1 is 1.47 bits per heavy atom. The first kappa shape index (κ1) is 14.1. The maximum Gasteiger partial charge on any atom is 0.141 e. The van der Waals surface area contributed by atoms with Crippen LogP contribution in [0, 0.1) is 11.7 Å². The highest BCUT2D eigenvalue weighted by Crippen LogP contribution is 2.14. The lowest BCUT2D eigenvalue weighted by molar-refractivity contribution is 0.257. The van der Waals surface area contributed by atoms with Crippen LogP contribution in [0.5, 0.6) is 0 Å². The zero-order valence-electron chi connectivity index (χ0n) is 10.5. The number of aromatic nitrogens is 1. The fourth-order valence-electron chi connectivity index (χ4n) is 1.72. The smallest absolute Gasteiger partial charge is 0.141 e. The van der Waals surface area contributed by atoms with Crippen LogP contribution in [0.3, 0.4) is 0 Å². The Kier molecular flexibility index (Phi) is 6.08. The van der Waals surface area contributed by atoms with Crippen molar-refractivity contribution in [2.24, 2.45) is 5.92 Å². The van der Waals surface area contributed by atoms with Crippen molar-refractivity contribution in [3.8, 4) is 0 Å². The van der Waals surface area contributed by atoms with E-state index in [1.165, 1.54) is 12.3 Å². The van der Waals surface area contributed by atoms with Gasteiger partial charge in [-0.25, -0.2) is 4.39 Å². The van der Waals surface area contributed by atoms with Gasteiger partial charge in [-0.2, -0.15) is 0 Å². The van der Waals surface area contributed by atoms with Gasteiger partial charge in [-0.3, -0.25) is 4.98 Å². The van der Waals surface area contributed by atoms with Crippen molar-refractivity contribution >= 4 is 0 Å². The molecule has 0 aliphatic carbocycles. The van der Waals surface area contributed by atoms with Crippen LogP contribution in [0.15, 0.2) is 18.3 Å². The topological polar surface area (TPSA) is 45.1 Å². The second-order valence-electron chi connectivity index (χ2n) is 4.39. The maximum absolute atomic E-state index is 12.8. The van der Waals surface area contributed by atoms with Crippen molar-refractivity contribution in [1.82, 2.24) is 10.3 Å². The van der Waals surface area contributed by atoms with Gasteiger partial charge < -0.3 is 10.4 Å². The first-order valence-electron chi connectivity index (χ1n) is 6.13. The number of nitrogens with zero attached hydrogens (tertiary/aromatic N) is 1. The number of pyridine rings is 1. The minimum atomic E-state index is -0.308. The first-order chi connectivity index (χ1) is 8.17. The minimum Gasteiger partial charge on any atom is -0.396 e. The van der Waals surface area contributed by atoms with E-state index in [2.05, 4.69) is 24.1 Å². The highest BCUT2D eigenvalue weighted by molar-refractivity contribution is 5.09. The molecular weight excluding hydrogens is 219 g/mol. The van der Waals surface area contributed by atoms with Gasteiger partial charge in [0.05, 0.1) is 11.9 Å². The summed E-state index contributed by atoms with van der Waals surface area (Å²) in [6.07, 6.45) is 2.95. The van der Waals surface area contributed by atoms with Gasteiger partial charge in [0.15, 0.2) is 0 Å². The third-order valence-corrected chi connectivity index (χ3v) is 2.85. The van der Waals surface area contributed by atoms with Gasteiger partial charge in [0.25, 0.3) is 0 Å². The second-order valence-corrected chi connectivity index (χ2v) is 4.39. The number of aliphatic hydroxyl groups excluding tert-OH is 1. The van der Waals surface area contributed by atoms with E-state index in [0.717, 1.165) is 25.1 Å². The summed E-state index contributed by atoms with van der Waals surface area (Å²) in [6, 6.07) is 3.30. The summed E-state index contributed by atoms with van der Waals surface area (Å²) in [6.45, 7) is 5.21. The van der Waals surface area contributed by atoms with Gasteiger partial charge in [0.1, 0.15) is 5.82 Å². The molecule has 17 heavy (non-hydrogen) atoms. The molecule has 0 amide bonds. The number of hydrogen-bond donors (Lipinski definition) is 2. The van der Waals surface area contributed by atoms with Crippen LogP contribution >= 0.6 is 0 Å². The molecule has 0 radical (unpaired) electrons. The van der Waals surface area contributed by atoms with Crippen LogP contribution in [0.4, 0.5) is 4.39 Å². The molecule has 0 bridgehead atoms. The Labute approximate surface area is 102 Å². The van der Waals surface area contributed by atoms with Crippen LogP contribution in [0.25, 0.3) is 0 Å². The van der Waals surface area contributed by atoms with Gasteiger partial charge in [0, 0.05) is 12.6 Å². The summed E-state index contributed by atoms with van der Waals surface area (Å²) in [4.78, 5) is 4.09. The quantitative estimate of drug-likeness (QED) is 0.768. The fourth-order valence-corrected chi connectivity index (χ4v) is 1.72. The average molecular weight is 240 g/mol. The Hall–Kier alpha value is -1.00. The summed E-state index contributed by atoms with van der Waals surface area (Å²) < 4.78 is 12.8. The average Bonchev–Trinajstić information content (AvgIpc) is 2.32. The predicted octanol–water partition coefficient (Wildman–Crippen LogP) is 2.28. The van der Waals surface area contributed by atoms with Gasteiger partial charge in [0.2, 0.25) is 0 Å². The summed E-state index contributed by atoms with van der Waals surface area (Å²) in [7, 11) is 0. The molecule has 1 aromatic rings. The molecule has 1 heterocycles. The van der Waals surface area contributed by atoms with E-state index in [4.69, 9.17) is 5.11 Å². The summed E-state index contributed by atoms with van der Waals surface area (Å²) in [5.41, 5.74) is 0.866. The van der Waals surface area contributed by atoms with E-state index in [0.29, 0.717) is 5.92 Å². The summed E-state index contributed by atoms with van der Waals surface area (Å²) in [5.74, 6) is 0.117. The van der Waals surface area contributed by atoms with Crippen molar-refractivity contribution in [3.05, 3.63) is 29.8 Å². The van der Waals surface area contributed by atoms with E-state index < -0.39 is 0 Å². The van der Waals surface area contributed by atoms with Gasteiger partial charge in [-0.05, 0) is 37.4 Å². The van der Waals surface area contributed by atoms with E-state index >= 15 is 0 Å². The molecule has 0 saturated carbocycles. The fraction of sp³-hybridized carbons (Fsp3) is 0.615. The lowest BCUT2D eigenvalue weighted by atomic mass is 10.1. The van der Waals surface area contributed by atoms with E-state index in [1.807, 2.05) is 0 Å². The largest absolute Gasteiger partial charge is 0.396 e. The first-order valence-corrected chi connectivity index (χ1v) is 6.13. The summed E-state index contributed by atoms with van der Waals surface area (Å²) in [5, 5.41) is 12.2. The van der Waals surface area contributed by atoms with Gasteiger partial charge >= 0.3 is 0 Å². The van der Waals surface area contributed by atoms with E-state index in [1.54, 1.807) is 6.07 Å². The van der Waals surface area contributed by atoms with Crippen molar-refractivity contribution in [3.63, 3.8) is 0 Å². The molecular formula is C13H21FN2O. The standard InChI is InChI=1S/C13H21FN2O/c1-3-12(15-8-10(2)6-7-17)13-5-4-11(14)9-16-13/h4-5,9-10,12,15,17H,3,6-8H2,1-2H3. The van der Waals surface area contributed by atoms with E-state index in [9.17, 15) is 4.39 Å². The highest BCUT2D eigenvalue weighted by Gasteiger charge is 2.11. The Bertz CT molecular complexity index is 316. The second kappa shape index (κ2) is 7.35. The zero-order chi connectivity index (χ0) is 12.7. The normalized spacial score (nSPS) is 14.6. The molecule has 0 aromatic carbocycles. The van der Waals surface area contributed by atoms with Crippen LogP contribution in [-0.4, -0.2) is 23.2 Å². The molecule has 0 fully saturated rings. The third-order valence-electron chi connectivity index (χ3n) is 2.85. The van der Waals surface area contributed by atoms with Gasteiger partial charge in [-0.15, -0.1) is 0 Å². The number of hydrogen-bond acceptors (Lipinski definition) is 3. The Morgan fingerprint density at radius 2 is 2.24 bits per heavy atom. The van der Waals surface area contributed by atoms with Crippen molar-refractivity contribution in [1.29, 1.82) is 0 Å². The number of rotatable bonds is 7. The number of halogens is 1. The van der Waals surface area contributed by atoms with Crippen molar-refractivity contribution in [2.75, 3.05) is 13.2 Å². The summed E-state index contributed by atoms with van der Waals surface area (Å²) >= 11 is 0. The van der Waals surface area contributed by atoms with Crippen molar-refractivity contribution < 1.29 is 9.50 Å². The molecule has 1 rings (SSSR count). The minimum absolute atomic E-state index is 0.150.